The van der Waals surface area contributed by atoms with Gasteiger partial charge in [-0.15, -0.1) is 0 Å². The van der Waals surface area contributed by atoms with Gasteiger partial charge < -0.3 is 25.0 Å². The fourth-order valence-electron chi connectivity index (χ4n) is 4.18. The van der Waals surface area contributed by atoms with Crippen molar-refractivity contribution >= 4 is 18.0 Å². The summed E-state index contributed by atoms with van der Waals surface area (Å²) in [4.78, 5) is 40.2. The van der Waals surface area contributed by atoms with Crippen LogP contribution in [0.1, 0.15) is 29.9 Å². The van der Waals surface area contributed by atoms with Gasteiger partial charge in [-0.3, -0.25) is 9.59 Å². The highest BCUT2D eigenvalue weighted by Gasteiger charge is 2.30. The zero-order valence-corrected chi connectivity index (χ0v) is 18.5. The van der Waals surface area contributed by atoms with Crippen LogP contribution in [0.4, 0.5) is 4.79 Å². The number of benzene rings is 2. The molecule has 2 aromatic carbocycles. The number of hydrogen-bond acceptors (Lipinski definition) is 5. The Balaban J connectivity index is 1.32. The highest BCUT2D eigenvalue weighted by Crippen LogP contribution is 2.44. The van der Waals surface area contributed by atoms with E-state index in [1.54, 1.807) is 12.5 Å². The summed E-state index contributed by atoms with van der Waals surface area (Å²) in [6.45, 7) is 1.06. The molecule has 3 N–H and O–H groups in total. The van der Waals surface area contributed by atoms with Crippen molar-refractivity contribution in [2.75, 3.05) is 13.2 Å². The third-order valence-electron chi connectivity index (χ3n) is 5.78. The average molecular weight is 463 g/mol. The van der Waals surface area contributed by atoms with Gasteiger partial charge in [-0.1, -0.05) is 48.5 Å². The van der Waals surface area contributed by atoms with E-state index in [1.165, 1.54) is 0 Å². The minimum atomic E-state index is -1.23. The predicted molar refractivity (Wildman–Crippen MR) is 124 cm³/mol. The molecule has 4 rings (SSSR count). The van der Waals surface area contributed by atoms with Gasteiger partial charge >= 0.3 is 12.1 Å². The maximum absolute atomic E-state index is 12.5. The number of carbonyl (C=O) groups is 3. The number of rotatable bonds is 10. The second-order valence-electron chi connectivity index (χ2n) is 8.07. The van der Waals surface area contributed by atoms with Crippen molar-refractivity contribution in [3.05, 3.63) is 78.4 Å². The molecular formula is C25H26N4O5. The van der Waals surface area contributed by atoms with E-state index in [4.69, 9.17) is 4.74 Å². The standard InChI is InChI=1S/C25H26N4O5/c30-23(31)14-22(24(32)27-10-5-12-29-13-11-26-16-29)28-25(33)34-15-21-19-8-3-1-6-17(19)18-7-2-4-9-20(18)21/h1-4,6-9,11,13,16,21-22H,5,10,12,14-15H2,(H,27,32)(H,28,33)(H,30,31). The number of aromatic nitrogens is 2. The highest BCUT2D eigenvalue weighted by atomic mass is 16.5. The van der Waals surface area contributed by atoms with Gasteiger partial charge in [0.15, 0.2) is 0 Å². The highest BCUT2D eigenvalue weighted by molar-refractivity contribution is 5.89. The Morgan fingerprint density at radius 3 is 2.35 bits per heavy atom. The maximum atomic E-state index is 12.5. The monoisotopic (exact) mass is 462 g/mol. The first-order valence-electron chi connectivity index (χ1n) is 11.1. The molecule has 0 saturated heterocycles. The fraction of sp³-hybridized carbons (Fsp3) is 0.280. The maximum Gasteiger partial charge on any atom is 0.407 e. The molecule has 1 atom stereocenters. The van der Waals surface area contributed by atoms with Crippen LogP contribution in [-0.4, -0.2) is 51.8 Å². The van der Waals surface area contributed by atoms with Crippen molar-refractivity contribution in [3.8, 4) is 11.1 Å². The van der Waals surface area contributed by atoms with E-state index in [0.29, 0.717) is 19.5 Å². The number of fused-ring (bicyclic) bond motifs is 3. The number of carbonyl (C=O) groups excluding carboxylic acids is 2. The summed E-state index contributed by atoms with van der Waals surface area (Å²) in [7, 11) is 0. The van der Waals surface area contributed by atoms with E-state index in [-0.39, 0.29) is 12.5 Å². The third-order valence-corrected chi connectivity index (χ3v) is 5.78. The lowest BCUT2D eigenvalue weighted by Gasteiger charge is -2.18. The van der Waals surface area contributed by atoms with Crippen LogP contribution >= 0.6 is 0 Å². The van der Waals surface area contributed by atoms with Crippen LogP contribution in [0.3, 0.4) is 0 Å². The Morgan fingerprint density at radius 2 is 1.74 bits per heavy atom. The smallest absolute Gasteiger partial charge is 0.407 e. The predicted octanol–water partition coefficient (Wildman–Crippen LogP) is 2.77. The van der Waals surface area contributed by atoms with Crippen LogP contribution in [0.5, 0.6) is 0 Å². The van der Waals surface area contributed by atoms with Gasteiger partial charge in [0, 0.05) is 31.4 Å². The molecule has 1 unspecified atom stereocenters. The minimum Gasteiger partial charge on any atom is -0.481 e. The number of amides is 2. The number of aryl methyl sites for hydroxylation is 1. The molecule has 9 heteroatoms. The van der Waals surface area contributed by atoms with Crippen LogP contribution in [0, 0.1) is 0 Å². The van der Waals surface area contributed by atoms with E-state index in [0.717, 1.165) is 22.3 Å². The lowest BCUT2D eigenvalue weighted by atomic mass is 9.98. The Labute approximate surface area is 196 Å². The number of nitrogens with zero attached hydrogens (tertiary/aromatic N) is 2. The first-order valence-corrected chi connectivity index (χ1v) is 11.1. The summed E-state index contributed by atoms with van der Waals surface area (Å²) in [6, 6.07) is 14.7. The summed E-state index contributed by atoms with van der Waals surface area (Å²) in [5.74, 6) is -1.90. The first-order chi connectivity index (χ1) is 16.5. The number of aliphatic carboxylic acids is 1. The summed E-state index contributed by atoms with van der Waals surface area (Å²) in [6.07, 6.45) is 4.41. The van der Waals surface area contributed by atoms with Gasteiger partial charge in [0.25, 0.3) is 0 Å². The van der Waals surface area contributed by atoms with Crippen LogP contribution in [0.2, 0.25) is 0 Å². The molecule has 0 bridgehead atoms. The molecule has 3 aromatic rings. The van der Waals surface area contributed by atoms with Crippen LogP contribution in [0.25, 0.3) is 11.1 Å². The molecule has 176 valence electrons. The normalized spacial score (nSPS) is 12.9. The Kier molecular flexibility index (Phi) is 7.22. The lowest BCUT2D eigenvalue weighted by molar-refractivity contribution is -0.139. The average Bonchev–Trinajstić information content (AvgIpc) is 3.46. The molecule has 0 radical (unpaired) electrons. The number of nitrogens with one attached hydrogen (secondary N) is 2. The molecule has 2 amide bonds. The van der Waals surface area contributed by atoms with Gasteiger partial charge in [-0.05, 0) is 28.7 Å². The van der Waals surface area contributed by atoms with Crippen LogP contribution < -0.4 is 10.6 Å². The van der Waals surface area contributed by atoms with E-state index >= 15 is 0 Å². The summed E-state index contributed by atoms with van der Waals surface area (Å²) < 4.78 is 7.31. The molecule has 1 aliphatic rings. The SMILES string of the molecule is O=C(O)CC(NC(=O)OCC1c2ccccc2-c2ccccc21)C(=O)NCCCn1ccnc1. The van der Waals surface area contributed by atoms with Crippen molar-refractivity contribution in [1.82, 2.24) is 20.2 Å². The molecule has 1 aromatic heterocycles. The van der Waals surface area contributed by atoms with Gasteiger partial charge in [0.1, 0.15) is 12.6 Å². The number of carboxylic acid groups (broad SMARTS) is 1. The number of alkyl carbamates (subject to hydrolysis) is 1. The molecule has 1 aliphatic carbocycles. The second kappa shape index (κ2) is 10.7. The van der Waals surface area contributed by atoms with Gasteiger partial charge in [0.05, 0.1) is 12.7 Å². The van der Waals surface area contributed by atoms with Crippen LogP contribution in [0.15, 0.2) is 67.3 Å². The molecule has 0 fully saturated rings. The molecule has 0 saturated carbocycles. The first kappa shape index (κ1) is 23.0. The van der Waals surface area contributed by atoms with Gasteiger partial charge in [-0.25, -0.2) is 9.78 Å². The Hall–Kier alpha value is -4.14. The summed E-state index contributed by atoms with van der Waals surface area (Å²) >= 11 is 0. The molecule has 0 spiro atoms. The molecule has 9 nitrogen and oxygen atoms in total. The van der Waals surface area contributed by atoms with E-state index in [1.807, 2.05) is 59.3 Å². The number of hydrogen-bond donors (Lipinski definition) is 3. The molecule has 34 heavy (non-hydrogen) atoms. The third kappa shape index (κ3) is 5.43. The molecule has 0 aliphatic heterocycles. The van der Waals surface area contributed by atoms with Crippen molar-refractivity contribution in [1.29, 1.82) is 0 Å². The zero-order valence-electron chi connectivity index (χ0n) is 18.5. The Bertz CT molecular complexity index is 1120. The lowest BCUT2D eigenvalue weighted by Crippen LogP contribution is -2.48. The van der Waals surface area contributed by atoms with Crippen molar-refractivity contribution in [3.63, 3.8) is 0 Å². The Morgan fingerprint density at radius 1 is 1.06 bits per heavy atom. The molecular weight excluding hydrogens is 436 g/mol. The topological polar surface area (TPSA) is 123 Å². The van der Waals surface area contributed by atoms with Crippen molar-refractivity contribution in [2.45, 2.75) is 31.3 Å². The van der Waals surface area contributed by atoms with Crippen molar-refractivity contribution in [2.24, 2.45) is 0 Å². The zero-order chi connectivity index (χ0) is 23.9. The number of ether oxygens (including phenoxy) is 1. The van der Waals surface area contributed by atoms with Gasteiger partial charge in [0.2, 0.25) is 5.91 Å². The van der Waals surface area contributed by atoms with Crippen LogP contribution in [-0.2, 0) is 20.9 Å². The number of carboxylic acids is 1. The molecule has 1 heterocycles. The quantitative estimate of drug-likeness (QED) is 0.398. The number of imidazole rings is 1. The van der Waals surface area contributed by atoms with Crippen molar-refractivity contribution < 1.29 is 24.2 Å². The summed E-state index contributed by atoms with van der Waals surface area (Å²) in [5.41, 5.74) is 4.33. The summed E-state index contributed by atoms with van der Waals surface area (Å²) in [5, 5.41) is 14.3. The van der Waals surface area contributed by atoms with E-state index in [2.05, 4.69) is 15.6 Å². The fourth-order valence-corrected chi connectivity index (χ4v) is 4.18. The minimum absolute atomic E-state index is 0.0756. The second-order valence-corrected chi connectivity index (χ2v) is 8.07. The van der Waals surface area contributed by atoms with Gasteiger partial charge in [-0.2, -0.15) is 0 Å². The van der Waals surface area contributed by atoms with E-state index in [9.17, 15) is 19.5 Å². The largest absolute Gasteiger partial charge is 0.481 e. The van der Waals surface area contributed by atoms with E-state index < -0.39 is 30.4 Å².